The molecule has 1 aromatic heterocycles. The molecule has 1 fully saturated rings. The van der Waals surface area contributed by atoms with Crippen LogP contribution in [0, 0.1) is 0 Å². The van der Waals surface area contributed by atoms with Gasteiger partial charge in [0.25, 0.3) is 0 Å². The molecule has 1 saturated heterocycles. The zero-order valence-corrected chi connectivity index (χ0v) is 13.7. The van der Waals surface area contributed by atoms with E-state index in [1.807, 2.05) is 28.8 Å². The Labute approximate surface area is 141 Å². The fourth-order valence-corrected chi connectivity index (χ4v) is 3.44. The van der Waals surface area contributed by atoms with Crippen molar-refractivity contribution in [1.29, 1.82) is 0 Å². The van der Waals surface area contributed by atoms with Crippen LogP contribution in [0.1, 0.15) is 0 Å². The Morgan fingerprint density at radius 3 is 2.33 bits per heavy atom. The molecule has 1 aliphatic heterocycles. The lowest BCUT2D eigenvalue weighted by Crippen LogP contribution is -2.47. The van der Waals surface area contributed by atoms with Crippen LogP contribution >= 0.6 is 0 Å². The molecule has 0 amide bonds. The van der Waals surface area contributed by atoms with Crippen molar-refractivity contribution in [2.75, 3.05) is 37.6 Å². The van der Waals surface area contributed by atoms with E-state index in [0.717, 1.165) is 50.3 Å². The van der Waals surface area contributed by atoms with Crippen molar-refractivity contribution in [2.45, 2.75) is 6.54 Å². The molecule has 4 rings (SSSR count). The molecule has 0 saturated carbocycles. The number of hydrogen-bond acceptors (Lipinski definition) is 3. The van der Waals surface area contributed by atoms with Crippen molar-refractivity contribution in [3.63, 3.8) is 0 Å². The molecule has 1 N–H and O–H groups in total. The minimum Gasteiger partial charge on any atom is -0.369 e. The van der Waals surface area contributed by atoms with E-state index in [1.165, 1.54) is 5.69 Å². The largest absolute Gasteiger partial charge is 0.369 e. The van der Waals surface area contributed by atoms with Gasteiger partial charge in [0.15, 0.2) is 0 Å². The van der Waals surface area contributed by atoms with Gasteiger partial charge in [0.05, 0.1) is 11.0 Å². The van der Waals surface area contributed by atoms with Gasteiger partial charge in [0.2, 0.25) is 0 Å². The van der Waals surface area contributed by atoms with Gasteiger partial charge in [-0.1, -0.05) is 30.3 Å². The highest BCUT2D eigenvalue weighted by Gasteiger charge is 2.17. The van der Waals surface area contributed by atoms with Gasteiger partial charge in [-0.25, -0.2) is 4.79 Å². The lowest BCUT2D eigenvalue weighted by Gasteiger charge is -2.36. The van der Waals surface area contributed by atoms with Gasteiger partial charge in [0, 0.05) is 45.0 Å². The van der Waals surface area contributed by atoms with Crippen LogP contribution in [0.4, 0.5) is 5.69 Å². The number of benzene rings is 2. The van der Waals surface area contributed by atoms with Crippen molar-refractivity contribution in [1.82, 2.24) is 14.5 Å². The number of aromatic amines is 1. The molecule has 0 spiro atoms. The van der Waals surface area contributed by atoms with Crippen molar-refractivity contribution < 1.29 is 0 Å². The Kier molecular flexibility index (Phi) is 4.09. The van der Waals surface area contributed by atoms with Gasteiger partial charge in [-0.3, -0.25) is 9.47 Å². The zero-order valence-electron chi connectivity index (χ0n) is 13.7. The molecule has 5 nitrogen and oxygen atoms in total. The third kappa shape index (κ3) is 2.95. The van der Waals surface area contributed by atoms with Crippen LogP contribution in [-0.2, 0) is 6.54 Å². The third-order valence-electron chi connectivity index (χ3n) is 4.82. The highest BCUT2D eigenvalue weighted by Crippen LogP contribution is 2.15. The van der Waals surface area contributed by atoms with Crippen molar-refractivity contribution in [3.05, 3.63) is 65.1 Å². The lowest BCUT2D eigenvalue weighted by molar-refractivity contribution is 0.248. The molecule has 2 heterocycles. The second-order valence-electron chi connectivity index (χ2n) is 6.26. The van der Waals surface area contributed by atoms with Crippen LogP contribution < -0.4 is 10.6 Å². The van der Waals surface area contributed by atoms with Gasteiger partial charge in [-0.2, -0.15) is 0 Å². The summed E-state index contributed by atoms with van der Waals surface area (Å²) in [6, 6.07) is 18.4. The number of para-hydroxylation sites is 3. The SMILES string of the molecule is O=c1[nH]c2ccccc2n1CCN1CCN(c2ccccc2)CC1. The number of rotatable bonds is 4. The van der Waals surface area contributed by atoms with Crippen molar-refractivity contribution in [3.8, 4) is 0 Å². The molecule has 24 heavy (non-hydrogen) atoms. The molecule has 0 bridgehead atoms. The van der Waals surface area contributed by atoms with Crippen LogP contribution in [-0.4, -0.2) is 47.2 Å². The number of nitrogens with one attached hydrogen (secondary N) is 1. The first-order valence-corrected chi connectivity index (χ1v) is 8.51. The first-order chi connectivity index (χ1) is 11.8. The van der Waals surface area contributed by atoms with Crippen LogP contribution in [0.25, 0.3) is 11.0 Å². The first kappa shape index (κ1) is 15.0. The average Bonchev–Trinajstić information content (AvgIpc) is 2.96. The Morgan fingerprint density at radius 2 is 1.54 bits per heavy atom. The molecule has 0 unspecified atom stereocenters. The first-order valence-electron chi connectivity index (χ1n) is 8.51. The van der Waals surface area contributed by atoms with Crippen LogP contribution in [0.15, 0.2) is 59.4 Å². The summed E-state index contributed by atoms with van der Waals surface area (Å²) < 4.78 is 1.85. The zero-order chi connectivity index (χ0) is 16.4. The third-order valence-corrected chi connectivity index (χ3v) is 4.82. The Bertz CT molecular complexity index is 860. The molecule has 2 aromatic carbocycles. The monoisotopic (exact) mass is 322 g/mol. The summed E-state index contributed by atoms with van der Waals surface area (Å²) in [5.41, 5.74) is 3.19. The Hall–Kier alpha value is -2.53. The maximum Gasteiger partial charge on any atom is 0.326 e. The van der Waals surface area contributed by atoms with Gasteiger partial charge in [-0.15, -0.1) is 0 Å². The number of nitrogens with zero attached hydrogens (tertiary/aromatic N) is 3. The van der Waals surface area contributed by atoms with E-state index in [1.54, 1.807) is 0 Å². The molecular formula is C19H22N4O. The second kappa shape index (κ2) is 6.53. The van der Waals surface area contributed by atoms with Crippen LogP contribution in [0.5, 0.6) is 0 Å². The van der Waals surface area contributed by atoms with Crippen molar-refractivity contribution in [2.24, 2.45) is 0 Å². The van der Waals surface area contributed by atoms with Crippen LogP contribution in [0.2, 0.25) is 0 Å². The van der Waals surface area contributed by atoms with Crippen LogP contribution in [0.3, 0.4) is 0 Å². The maximum absolute atomic E-state index is 12.1. The summed E-state index contributed by atoms with van der Waals surface area (Å²) in [4.78, 5) is 19.9. The standard InChI is InChI=1S/C19H22N4O/c24-19-20-17-8-4-5-9-18(17)23(19)15-12-21-10-13-22(14-11-21)16-6-2-1-3-7-16/h1-9H,10-15H2,(H,20,24). The molecule has 124 valence electrons. The minimum absolute atomic E-state index is 0.0147. The quantitative estimate of drug-likeness (QED) is 0.800. The fraction of sp³-hybridized carbons (Fsp3) is 0.316. The molecule has 5 heteroatoms. The van der Waals surface area contributed by atoms with E-state index in [2.05, 4.69) is 45.1 Å². The highest BCUT2D eigenvalue weighted by atomic mass is 16.1. The van der Waals surface area contributed by atoms with E-state index in [4.69, 9.17) is 0 Å². The van der Waals surface area contributed by atoms with E-state index in [9.17, 15) is 4.79 Å². The van der Waals surface area contributed by atoms with Crippen molar-refractivity contribution >= 4 is 16.7 Å². The van der Waals surface area contributed by atoms with Gasteiger partial charge < -0.3 is 9.88 Å². The average molecular weight is 322 g/mol. The van der Waals surface area contributed by atoms with E-state index >= 15 is 0 Å². The summed E-state index contributed by atoms with van der Waals surface area (Å²) in [6.07, 6.45) is 0. The smallest absolute Gasteiger partial charge is 0.326 e. The molecule has 3 aromatic rings. The summed E-state index contributed by atoms with van der Waals surface area (Å²) >= 11 is 0. The number of aromatic nitrogens is 2. The summed E-state index contributed by atoms with van der Waals surface area (Å²) in [5, 5.41) is 0. The molecule has 1 aliphatic rings. The molecule has 0 aliphatic carbocycles. The number of anilines is 1. The molecular weight excluding hydrogens is 300 g/mol. The number of H-pyrrole nitrogens is 1. The summed E-state index contributed by atoms with van der Waals surface area (Å²) in [5.74, 6) is 0. The van der Waals surface area contributed by atoms with Gasteiger partial charge in [-0.05, 0) is 24.3 Å². The Balaban J connectivity index is 1.37. The topological polar surface area (TPSA) is 44.3 Å². The predicted octanol–water partition coefficient (Wildman–Crippen LogP) is 2.15. The number of imidazole rings is 1. The normalized spacial score (nSPS) is 15.9. The minimum atomic E-state index is -0.0147. The lowest BCUT2D eigenvalue weighted by atomic mass is 10.2. The Morgan fingerprint density at radius 1 is 0.833 bits per heavy atom. The fourth-order valence-electron chi connectivity index (χ4n) is 3.44. The predicted molar refractivity (Wildman–Crippen MR) is 97.7 cm³/mol. The van der Waals surface area contributed by atoms with E-state index in [-0.39, 0.29) is 5.69 Å². The number of fused-ring (bicyclic) bond motifs is 1. The summed E-state index contributed by atoms with van der Waals surface area (Å²) in [6.45, 7) is 5.77. The molecule has 0 radical (unpaired) electrons. The maximum atomic E-state index is 12.1. The second-order valence-corrected chi connectivity index (χ2v) is 6.26. The van der Waals surface area contributed by atoms with E-state index < -0.39 is 0 Å². The van der Waals surface area contributed by atoms with E-state index in [0.29, 0.717) is 0 Å². The van der Waals surface area contributed by atoms with Gasteiger partial charge in [0.1, 0.15) is 0 Å². The number of piperazine rings is 1. The summed E-state index contributed by atoms with van der Waals surface area (Å²) in [7, 11) is 0. The van der Waals surface area contributed by atoms with Gasteiger partial charge >= 0.3 is 5.69 Å². The number of hydrogen-bond donors (Lipinski definition) is 1. The molecule has 0 atom stereocenters. The highest BCUT2D eigenvalue weighted by molar-refractivity contribution is 5.74.